The quantitative estimate of drug-likeness (QED) is 0.809. The molecular weight excluding hydrogens is 353 g/mol. The summed E-state index contributed by atoms with van der Waals surface area (Å²) in [7, 11) is 0. The van der Waals surface area contributed by atoms with Crippen LogP contribution in [0.1, 0.15) is 25.7 Å². The van der Waals surface area contributed by atoms with E-state index in [0.29, 0.717) is 6.54 Å². The van der Waals surface area contributed by atoms with E-state index >= 15 is 0 Å². The van der Waals surface area contributed by atoms with Gasteiger partial charge in [0.15, 0.2) is 0 Å². The van der Waals surface area contributed by atoms with Gasteiger partial charge in [-0.1, -0.05) is 0 Å². The summed E-state index contributed by atoms with van der Waals surface area (Å²) in [4.78, 5) is 23.0. The molecule has 2 aliphatic heterocycles. The highest BCUT2D eigenvalue weighted by molar-refractivity contribution is 5.85. The molecule has 1 aromatic rings. The van der Waals surface area contributed by atoms with E-state index in [1.54, 1.807) is 18.5 Å². The van der Waals surface area contributed by atoms with Gasteiger partial charge in [0.1, 0.15) is 6.10 Å². The fourth-order valence-electron chi connectivity index (χ4n) is 3.10. The van der Waals surface area contributed by atoms with E-state index in [1.165, 1.54) is 0 Å². The van der Waals surface area contributed by atoms with Crippen LogP contribution in [0.2, 0.25) is 0 Å². The van der Waals surface area contributed by atoms with Crippen LogP contribution in [0.15, 0.2) is 18.5 Å². The van der Waals surface area contributed by atoms with Gasteiger partial charge in [-0.3, -0.25) is 4.79 Å². The van der Waals surface area contributed by atoms with Gasteiger partial charge in [0.2, 0.25) is 11.9 Å². The minimum Gasteiger partial charge on any atom is -0.364 e. The van der Waals surface area contributed by atoms with E-state index in [0.717, 1.165) is 44.7 Å². The van der Waals surface area contributed by atoms with Gasteiger partial charge in [0.05, 0.1) is 6.10 Å². The molecule has 2 saturated heterocycles. The lowest BCUT2D eigenvalue weighted by Gasteiger charge is -2.33. The number of amides is 1. The zero-order chi connectivity index (χ0) is 15.4. The number of hydrogen-bond donors (Lipinski definition) is 2. The first-order valence-electron chi connectivity index (χ1n) is 7.94. The van der Waals surface area contributed by atoms with Gasteiger partial charge < -0.3 is 20.7 Å². The lowest BCUT2D eigenvalue weighted by Crippen LogP contribution is -2.50. The molecule has 3 heterocycles. The molecule has 24 heavy (non-hydrogen) atoms. The van der Waals surface area contributed by atoms with E-state index < -0.39 is 0 Å². The summed E-state index contributed by atoms with van der Waals surface area (Å²) in [5, 5.41) is 3.10. The third-order valence-electron chi connectivity index (χ3n) is 4.27. The summed E-state index contributed by atoms with van der Waals surface area (Å²) in [5.74, 6) is 0.707. The minimum atomic E-state index is -0.350. The molecule has 3 N–H and O–H groups in total. The van der Waals surface area contributed by atoms with Gasteiger partial charge >= 0.3 is 0 Å². The molecule has 0 aliphatic carbocycles. The number of nitrogens with zero attached hydrogens (tertiary/aromatic N) is 3. The van der Waals surface area contributed by atoms with Crippen molar-refractivity contribution in [3.05, 3.63) is 18.5 Å². The van der Waals surface area contributed by atoms with Crippen LogP contribution in [0, 0.1) is 0 Å². The number of nitrogens with two attached hydrogens (primary N) is 1. The lowest BCUT2D eigenvalue weighted by atomic mass is 10.1. The Kier molecular flexibility index (Phi) is 8.69. The number of rotatable bonds is 4. The van der Waals surface area contributed by atoms with Crippen molar-refractivity contribution in [3.63, 3.8) is 0 Å². The molecule has 1 unspecified atom stereocenters. The molecule has 2 fully saturated rings. The molecule has 7 nitrogen and oxygen atoms in total. The fraction of sp³-hybridized carbons (Fsp3) is 0.667. The predicted molar refractivity (Wildman–Crippen MR) is 96.9 cm³/mol. The largest absolute Gasteiger partial charge is 0.364 e. The van der Waals surface area contributed by atoms with Crippen LogP contribution < -0.4 is 16.0 Å². The molecular formula is C15H25Cl2N5O2. The van der Waals surface area contributed by atoms with Gasteiger partial charge in [-0.05, 0) is 31.7 Å². The molecule has 1 aromatic heterocycles. The van der Waals surface area contributed by atoms with Crippen molar-refractivity contribution >= 4 is 36.7 Å². The molecule has 1 amide bonds. The Morgan fingerprint density at radius 1 is 1.29 bits per heavy atom. The monoisotopic (exact) mass is 377 g/mol. The second-order valence-corrected chi connectivity index (χ2v) is 5.90. The number of hydrogen-bond acceptors (Lipinski definition) is 6. The van der Waals surface area contributed by atoms with Gasteiger partial charge in [0.25, 0.3) is 0 Å². The number of halogens is 2. The average Bonchev–Trinajstić information content (AvgIpc) is 3.05. The zero-order valence-electron chi connectivity index (χ0n) is 13.5. The third-order valence-corrected chi connectivity index (χ3v) is 4.27. The van der Waals surface area contributed by atoms with Gasteiger partial charge in [-0.15, -0.1) is 24.8 Å². The van der Waals surface area contributed by atoms with Crippen molar-refractivity contribution in [2.45, 2.75) is 43.9 Å². The molecule has 9 heteroatoms. The van der Waals surface area contributed by atoms with Crippen LogP contribution in [-0.4, -0.2) is 53.8 Å². The van der Waals surface area contributed by atoms with Crippen molar-refractivity contribution in [1.29, 1.82) is 0 Å². The first kappa shape index (κ1) is 20.9. The van der Waals surface area contributed by atoms with Crippen LogP contribution in [0.4, 0.5) is 5.95 Å². The van der Waals surface area contributed by atoms with Gasteiger partial charge in [-0.2, -0.15) is 0 Å². The highest BCUT2D eigenvalue weighted by atomic mass is 35.5. The molecule has 0 spiro atoms. The zero-order valence-corrected chi connectivity index (χ0v) is 15.1. The van der Waals surface area contributed by atoms with E-state index in [1.807, 2.05) is 0 Å². The van der Waals surface area contributed by atoms with Crippen molar-refractivity contribution in [2.24, 2.45) is 5.73 Å². The topological polar surface area (TPSA) is 93.4 Å². The molecule has 0 aromatic carbocycles. The predicted octanol–water partition coefficient (Wildman–Crippen LogP) is 0.911. The first-order valence-corrected chi connectivity index (χ1v) is 7.94. The average molecular weight is 378 g/mol. The number of aromatic nitrogens is 2. The third kappa shape index (κ3) is 5.17. The molecule has 3 rings (SSSR count). The molecule has 2 aliphatic rings. The van der Waals surface area contributed by atoms with Crippen LogP contribution in [0.3, 0.4) is 0 Å². The Hall–Kier alpha value is -1.15. The smallest absolute Gasteiger partial charge is 0.249 e. The number of anilines is 1. The first-order chi connectivity index (χ1) is 10.8. The van der Waals surface area contributed by atoms with Crippen LogP contribution >= 0.6 is 24.8 Å². The SMILES string of the molecule is Cl.Cl.NC[C@H]1CC[C@@H](C(=O)NC2CCCN(c3ncccn3)C2)O1. The van der Waals surface area contributed by atoms with Crippen LogP contribution in [0.25, 0.3) is 0 Å². The number of piperidine rings is 1. The van der Waals surface area contributed by atoms with Gasteiger partial charge in [0, 0.05) is 38.1 Å². The van der Waals surface area contributed by atoms with E-state index in [2.05, 4.69) is 20.2 Å². The van der Waals surface area contributed by atoms with Crippen LogP contribution in [0.5, 0.6) is 0 Å². The second kappa shape index (κ2) is 9.98. The summed E-state index contributed by atoms with van der Waals surface area (Å²) in [5.41, 5.74) is 5.59. The number of nitrogens with one attached hydrogen (secondary N) is 1. The minimum absolute atomic E-state index is 0. The summed E-state index contributed by atoms with van der Waals surface area (Å²) in [6, 6.07) is 1.92. The fourth-order valence-corrected chi connectivity index (χ4v) is 3.10. The van der Waals surface area contributed by atoms with Crippen LogP contribution in [-0.2, 0) is 9.53 Å². The lowest BCUT2D eigenvalue weighted by molar-refractivity contribution is -0.132. The van der Waals surface area contributed by atoms with Gasteiger partial charge in [-0.25, -0.2) is 9.97 Å². The summed E-state index contributed by atoms with van der Waals surface area (Å²) < 4.78 is 5.65. The maximum absolute atomic E-state index is 12.3. The highest BCUT2D eigenvalue weighted by Crippen LogP contribution is 2.20. The standard InChI is InChI=1S/C15H23N5O2.2ClH/c16-9-12-4-5-13(22-12)14(21)19-11-3-1-8-20(10-11)15-17-6-2-7-18-15;;/h2,6-7,11-13H,1,3-5,8-10,16H2,(H,19,21);2*1H/t11?,12-,13+;;/m1../s1. The second-order valence-electron chi connectivity index (χ2n) is 5.90. The summed E-state index contributed by atoms with van der Waals surface area (Å²) in [6.07, 6.45) is 6.76. The van der Waals surface area contributed by atoms with Crippen molar-refractivity contribution in [3.8, 4) is 0 Å². The van der Waals surface area contributed by atoms with Crippen molar-refractivity contribution in [1.82, 2.24) is 15.3 Å². The maximum atomic E-state index is 12.3. The number of ether oxygens (including phenoxy) is 1. The number of carbonyl (C=O) groups excluding carboxylic acids is 1. The maximum Gasteiger partial charge on any atom is 0.249 e. The summed E-state index contributed by atoms with van der Waals surface area (Å²) in [6.45, 7) is 2.14. The molecule has 0 saturated carbocycles. The Labute approximate surface area is 154 Å². The Balaban J connectivity index is 0.00000144. The molecule has 0 bridgehead atoms. The highest BCUT2D eigenvalue weighted by Gasteiger charge is 2.32. The molecule has 3 atom stereocenters. The van der Waals surface area contributed by atoms with E-state index in [4.69, 9.17) is 10.5 Å². The molecule has 0 radical (unpaired) electrons. The van der Waals surface area contributed by atoms with E-state index in [-0.39, 0.29) is 49.0 Å². The Bertz CT molecular complexity index is 508. The van der Waals surface area contributed by atoms with Crippen molar-refractivity contribution in [2.75, 3.05) is 24.5 Å². The normalized spacial score (nSPS) is 26.2. The number of carbonyl (C=O) groups is 1. The van der Waals surface area contributed by atoms with Crippen molar-refractivity contribution < 1.29 is 9.53 Å². The Morgan fingerprint density at radius 3 is 2.71 bits per heavy atom. The van der Waals surface area contributed by atoms with E-state index in [9.17, 15) is 4.79 Å². The molecule has 136 valence electrons. The summed E-state index contributed by atoms with van der Waals surface area (Å²) >= 11 is 0. The Morgan fingerprint density at radius 2 is 2.04 bits per heavy atom.